The van der Waals surface area contributed by atoms with Gasteiger partial charge < -0.3 is 19.7 Å². The van der Waals surface area contributed by atoms with Crippen molar-refractivity contribution in [1.29, 1.82) is 0 Å². The average Bonchev–Trinajstić information content (AvgIpc) is 2.58. The number of hydrogen-bond donors (Lipinski definition) is 1. The highest BCUT2D eigenvalue weighted by molar-refractivity contribution is 5.85. The van der Waals surface area contributed by atoms with Crippen LogP contribution in [0.5, 0.6) is 11.5 Å². The van der Waals surface area contributed by atoms with Crippen LogP contribution in [-0.2, 0) is 9.59 Å². The van der Waals surface area contributed by atoms with E-state index in [2.05, 4.69) is 18.5 Å². The van der Waals surface area contributed by atoms with Crippen molar-refractivity contribution >= 4 is 11.8 Å². The van der Waals surface area contributed by atoms with E-state index in [4.69, 9.17) is 9.47 Å². The van der Waals surface area contributed by atoms with Crippen LogP contribution >= 0.6 is 0 Å². The molecule has 0 aliphatic rings. The molecular weight excluding hydrogens is 296 g/mol. The lowest BCUT2D eigenvalue weighted by atomic mass is 10.3. The summed E-state index contributed by atoms with van der Waals surface area (Å²) in [6, 6.07) is 6.87. The molecule has 0 aromatic heterocycles. The van der Waals surface area contributed by atoms with Crippen molar-refractivity contribution in [2.24, 2.45) is 0 Å². The molecular formula is C17H22N2O4. The summed E-state index contributed by atoms with van der Waals surface area (Å²) in [6.07, 6.45) is 3.24. The second-order valence-electron chi connectivity index (χ2n) is 4.62. The minimum Gasteiger partial charge on any atom is -0.497 e. The SMILES string of the molecule is C=CCN(CC=C)C(=O)CNC(=O)COc1ccc(OC)cc1. The van der Waals surface area contributed by atoms with Gasteiger partial charge in [-0.25, -0.2) is 0 Å². The fraction of sp³-hybridized carbons (Fsp3) is 0.294. The van der Waals surface area contributed by atoms with Crippen molar-refractivity contribution in [1.82, 2.24) is 10.2 Å². The summed E-state index contributed by atoms with van der Waals surface area (Å²) in [5, 5.41) is 2.52. The molecule has 0 saturated heterocycles. The molecule has 0 spiro atoms. The van der Waals surface area contributed by atoms with Crippen LogP contribution in [0.3, 0.4) is 0 Å². The van der Waals surface area contributed by atoms with Gasteiger partial charge in [-0.15, -0.1) is 13.2 Å². The first kappa shape index (κ1) is 18.3. The predicted molar refractivity (Wildman–Crippen MR) is 88.5 cm³/mol. The Bertz CT molecular complexity index is 530. The summed E-state index contributed by atoms with van der Waals surface area (Å²) < 4.78 is 10.4. The van der Waals surface area contributed by atoms with Crippen molar-refractivity contribution in [3.05, 3.63) is 49.6 Å². The number of carbonyl (C=O) groups excluding carboxylic acids is 2. The highest BCUT2D eigenvalue weighted by Crippen LogP contribution is 2.16. The van der Waals surface area contributed by atoms with E-state index in [1.54, 1.807) is 43.5 Å². The molecule has 0 radical (unpaired) electrons. The standard InChI is InChI=1S/C17H22N2O4/c1-4-10-19(11-5-2)17(21)12-18-16(20)13-23-15-8-6-14(22-3)7-9-15/h4-9H,1-2,10-13H2,3H3,(H,18,20). The number of rotatable bonds is 10. The van der Waals surface area contributed by atoms with Crippen molar-refractivity contribution in [2.75, 3.05) is 33.4 Å². The minimum absolute atomic E-state index is 0.0908. The fourth-order valence-electron chi connectivity index (χ4n) is 1.75. The number of ether oxygens (including phenoxy) is 2. The molecule has 0 atom stereocenters. The number of methoxy groups -OCH3 is 1. The van der Waals surface area contributed by atoms with Gasteiger partial charge in [0.15, 0.2) is 6.61 Å². The van der Waals surface area contributed by atoms with Gasteiger partial charge in [0.05, 0.1) is 13.7 Å². The number of amides is 2. The zero-order valence-electron chi connectivity index (χ0n) is 13.3. The first-order chi connectivity index (χ1) is 11.1. The normalized spacial score (nSPS) is 9.61. The first-order valence-corrected chi connectivity index (χ1v) is 7.13. The molecule has 0 fully saturated rings. The zero-order chi connectivity index (χ0) is 17.1. The van der Waals surface area contributed by atoms with Gasteiger partial charge in [-0.2, -0.15) is 0 Å². The molecule has 0 bridgehead atoms. The topological polar surface area (TPSA) is 67.9 Å². The van der Waals surface area contributed by atoms with E-state index < -0.39 is 0 Å². The molecule has 0 saturated carbocycles. The molecule has 1 aromatic rings. The van der Waals surface area contributed by atoms with Gasteiger partial charge in [0, 0.05) is 13.1 Å². The lowest BCUT2D eigenvalue weighted by Gasteiger charge is -2.19. The van der Waals surface area contributed by atoms with Gasteiger partial charge in [-0.1, -0.05) is 12.2 Å². The molecule has 1 rings (SSSR count). The van der Waals surface area contributed by atoms with Gasteiger partial charge in [0.25, 0.3) is 5.91 Å². The minimum atomic E-state index is -0.369. The van der Waals surface area contributed by atoms with Crippen molar-refractivity contribution < 1.29 is 19.1 Å². The lowest BCUT2D eigenvalue weighted by Crippen LogP contribution is -2.41. The maximum absolute atomic E-state index is 11.9. The average molecular weight is 318 g/mol. The second kappa shape index (κ2) is 10.0. The summed E-state index contributed by atoms with van der Waals surface area (Å²) >= 11 is 0. The molecule has 6 heteroatoms. The Morgan fingerprint density at radius 3 is 2.22 bits per heavy atom. The quantitative estimate of drug-likeness (QED) is 0.662. The number of hydrogen-bond acceptors (Lipinski definition) is 4. The zero-order valence-corrected chi connectivity index (χ0v) is 13.3. The molecule has 0 aliphatic carbocycles. The van der Waals surface area contributed by atoms with Gasteiger partial charge >= 0.3 is 0 Å². The summed E-state index contributed by atoms with van der Waals surface area (Å²) in [5.74, 6) is 0.679. The molecule has 1 N–H and O–H groups in total. The number of benzene rings is 1. The molecule has 0 heterocycles. The number of nitrogens with zero attached hydrogens (tertiary/aromatic N) is 1. The number of carbonyl (C=O) groups is 2. The van der Waals surface area contributed by atoms with E-state index in [1.165, 1.54) is 4.90 Å². The fourth-order valence-corrected chi connectivity index (χ4v) is 1.75. The van der Waals surface area contributed by atoms with Gasteiger partial charge in [0.1, 0.15) is 11.5 Å². The molecule has 23 heavy (non-hydrogen) atoms. The van der Waals surface area contributed by atoms with E-state index in [9.17, 15) is 9.59 Å². The van der Waals surface area contributed by atoms with E-state index >= 15 is 0 Å². The van der Waals surface area contributed by atoms with Crippen LogP contribution in [0, 0.1) is 0 Å². The van der Waals surface area contributed by atoms with Crippen LogP contribution in [0.25, 0.3) is 0 Å². The molecule has 124 valence electrons. The van der Waals surface area contributed by atoms with Crippen molar-refractivity contribution in [3.63, 3.8) is 0 Å². The Balaban J connectivity index is 2.36. The van der Waals surface area contributed by atoms with Gasteiger partial charge in [-0.3, -0.25) is 9.59 Å². The van der Waals surface area contributed by atoms with Crippen LogP contribution in [0.2, 0.25) is 0 Å². The first-order valence-electron chi connectivity index (χ1n) is 7.13. The third-order valence-electron chi connectivity index (χ3n) is 2.92. The molecule has 2 amide bonds. The summed E-state index contributed by atoms with van der Waals surface area (Å²) in [6.45, 7) is 7.74. The summed E-state index contributed by atoms with van der Waals surface area (Å²) in [5.41, 5.74) is 0. The Kier molecular flexibility index (Phi) is 7.99. The van der Waals surface area contributed by atoms with Crippen LogP contribution in [-0.4, -0.2) is 50.1 Å². The van der Waals surface area contributed by atoms with Gasteiger partial charge in [-0.05, 0) is 24.3 Å². The highest BCUT2D eigenvalue weighted by atomic mass is 16.5. The Morgan fingerprint density at radius 2 is 1.70 bits per heavy atom. The van der Waals surface area contributed by atoms with E-state index in [1.807, 2.05) is 0 Å². The largest absolute Gasteiger partial charge is 0.497 e. The Hall–Kier alpha value is -2.76. The van der Waals surface area contributed by atoms with Crippen molar-refractivity contribution in [3.8, 4) is 11.5 Å². The second-order valence-corrected chi connectivity index (χ2v) is 4.62. The molecule has 6 nitrogen and oxygen atoms in total. The lowest BCUT2D eigenvalue weighted by molar-refractivity contribution is -0.132. The summed E-state index contributed by atoms with van der Waals surface area (Å²) in [4.78, 5) is 25.2. The third-order valence-corrected chi connectivity index (χ3v) is 2.92. The van der Waals surface area contributed by atoms with E-state index in [-0.39, 0.29) is 25.0 Å². The maximum Gasteiger partial charge on any atom is 0.258 e. The Morgan fingerprint density at radius 1 is 1.13 bits per heavy atom. The molecule has 0 unspecified atom stereocenters. The van der Waals surface area contributed by atoms with Crippen LogP contribution in [0.1, 0.15) is 0 Å². The smallest absolute Gasteiger partial charge is 0.258 e. The summed E-state index contributed by atoms with van der Waals surface area (Å²) in [7, 11) is 1.57. The maximum atomic E-state index is 11.9. The van der Waals surface area contributed by atoms with Gasteiger partial charge in [0.2, 0.25) is 5.91 Å². The van der Waals surface area contributed by atoms with E-state index in [0.717, 1.165) is 0 Å². The molecule has 0 aliphatic heterocycles. The third kappa shape index (κ3) is 6.69. The van der Waals surface area contributed by atoms with Crippen molar-refractivity contribution in [2.45, 2.75) is 0 Å². The van der Waals surface area contributed by atoms with Crippen LogP contribution in [0.4, 0.5) is 0 Å². The Labute approximate surface area is 136 Å². The number of nitrogens with one attached hydrogen (secondary N) is 1. The van der Waals surface area contributed by atoms with E-state index in [0.29, 0.717) is 24.6 Å². The van der Waals surface area contributed by atoms with Crippen LogP contribution < -0.4 is 14.8 Å². The monoisotopic (exact) mass is 318 g/mol. The highest BCUT2D eigenvalue weighted by Gasteiger charge is 2.12. The molecule has 1 aromatic carbocycles. The predicted octanol–water partition coefficient (Wildman–Crippen LogP) is 1.39. The van der Waals surface area contributed by atoms with Crippen LogP contribution in [0.15, 0.2) is 49.6 Å².